The minimum Gasteiger partial charge on any atom is -0.477 e. The Labute approximate surface area is 103 Å². The van der Waals surface area contributed by atoms with Crippen LogP contribution in [0.2, 0.25) is 0 Å². The van der Waals surface area contributed by atoms with E-state index in [1.807, 2.05) is 6.92 Å². The van der Waals surface area contributed by atoms with Crippen LogP contribution in [0, 0.1) is 0 Å². The van der Waals surface area contributed by atoms with E-state index in [4.69, 9.17) is 4.74 Å². The van der Waals surface area contributed by atoms with Crippen LogP contribution >= 0.6 is 0 Å². The van der Waals surface area contributed by atoms with E-state index >= 15 is 0 Å². The molecule has 0 aliphatic carbocycles. The van der Waals surface area contributed by atoms with Crippen LogP contribution < -0.4 is 10.1 Å². The van der Waals surface area contributed by atoms with Gasteiger partial charge in [0, 0.05) is 35.5 Å². The van der Waals surface area contributed by atoms with Crippen molar-refractivity contribution in [1.82, 2.24) is 10.3 Å². The molecule has 0 radical (unpaired) electrons. The Morgan fingerprint density at radius 2 is 2.35 bits per heavy atom. The molecule has 17 heavy (non-hydrogen) atoms. The van der Waals surface area contributed by atoms with Crippen molar-refractivity contribution in [1.29, 1.82) is 0 Å². The van der Waals surface area contributed by atoms with Gasteiger partial charge < -0.3 is 10.1 Å². The minimum atomic E-state index is -0.909. The third-order valence-corrected chi connectivity index (χ3v) is 2.75. The van der Waals surface area contributed by atoms with Crippen LogP contribution in [0.4, 0.5) is 0 Å². The Bertz CT molecular complexity index is 409. The fourth-order valence-electron chi connectivity index (χ4n) is 1.22. The summed E-state index contributed by atoms with van der Waals surface area (Å²) in [6.07, 6.45) is 3.17. The quantitative estimate of drug-likeness (QED) is 0.809. The fourth-order valence-corrected chi connectivity index (χ4v) is 1.61. The van der Waals surface area contributed by atoms with E-state index in [1.165, 1.54) is 0 Å². The van der Waals surface area contributed by atoms with Gasteiger partial charge in [0.15, 0.2) is 0 Å². The van der Waals surface area contributed by atoms with Crippen molar-refractivity contribution in [2.45, 2.75) is 6.92 Å². The van der Waals surface area contributed by atoms with E-state index in [0.717, 1.165) is 0 Å². The zero-order valence-electron chi connectivity index (χ0n) is 9.93. The lowest BCUT2D eigenvalue weighted by atomic mass is 10.2. The molecule has 6 heteroatoms. The molecule has 0 saturated heterocycles. The lowest BCUT2D eigenvalue weighted by molar-refractivity contribution is 0.0951. The molecule has 0 fully saturated rings. The first-order valence-corrected chi connectivity index (χ1v) is 7.04. The summed E-state index contributed by atoms with van der Waals surface area (Å²) in [6.45, 7) is 2.66. The topological polar surface area (TPSA) is 68.3 Å². The molecule has 1 amide bonds. The lowest BCUT2D eigenvalue weighted by Crippen LogP contribution is -2.28. The van der Waals surface area contributed by atoms with Crippen molar-refractivity contribution in [3.8, 4) is 5.88 Å². The molecule has 1 N–H and O–H groups in total. The molecule has 1 aromatic heterocycles. The summed E-state index contributed by atoms with van der Waals surface area (Å²) in [5.74, 6) is 0.507. The van der Waals surface area contributed by atoms with Crippen molar-refractivity contribution in [3.05, 3.63) is 23.9 Å². The van der Waals surface area contributed by atoms with E-state index in [2.05, 4.69) is 10.3 Å². The van der Waals surface area contributed by atoms with Crippen molar-refractivity contribution < 1.29 is 13.7 Å². The molecule has 1 rings (SSSR count). The number of hydrogen-bond donors (Lipinski definition) is 1. The van der Waals surface area contributed by atoms with Gasteiger partial charge in [-0.1, -0.05) is 0 Å². The normalized spacial score (nSPS) is 11.9. The Morgan fingerprint density at radius 3 is 3.00 bits per heavy atom. The molecule has 0 aliphatic heterocycles. The summed E-state index contributed by atoms with van der Waals surface area (Å²) < 4.78 is 16.1. The number of nitrogens with one attached hydrogen (secondary N) is 1. The maximum atomic E-state index is 11.8. The third kappa shape index (κ3) is 4.52. The van der Waals surface area contributed by atoms with E-state index in [0.29, 0.717) is 30.3 Å². The van der Waals surface area contributed by atoms with Crippen LogP contribution in [-0.4, -0.2) is 40.3 Å². The van der Waals surface area contributed by atoms with Crippen molar-refractivity contribution >= 4 is 16.7 Å². The summed E-state index contributed by atoms with van der Waals surface area (Å²) in [6, 6.07) is 3.33. The summed E-state index contributed by atoms with van der Waals surface area (Å²) in [7, 11) is -0.909. The first kappa shape index (κ1) is 13.6. The smallest absolute Gasteiger partial charge is 0.256 e. The van der Waals surface area contributed by atoms with E-state index in [-0.39, 0.29) is 5.91 Å². The van der Waals surface area contributed by atoms with Crippen LogP contribution in [0.15, 0.2) is 18.3 Å². The molecular formula is C11H16N2O3S. The highest BCUT2D eigenvalue weighted by Gasteiger charge is 2.12. The zero-order valence-corrected chi connectivity index (χ0v) is 10.8. The Hall–Kier alpha value is -1.43. The number of hydrogen-bond acceptors (Lipinski definition) is 4. The fraction of sp³-hybridized carbons (Fsp3) is 0.455. The Kier molecular flexibility index (Phi) is 5.62. The highest BCUT2D eigenvalue weighted by atomic mass is 32.2. The second kappa shape index (κ2) is 7.01. The van der Waals surface area contributed by atoms with Crippen molar-refractivity contribution in [3.63, 3.8) is 0 Å². The molecule has 94 valence electrons. The summed E-state index contributed by atoms with van der Waals surface area (Å²) >= 11 is 0. The number of pyridine rings is 1. The SMILES string of the molecule is CCOc1ncccc1C(=O)NCCS(C)=O. The third-order valence-electron chi connectivity index (χ3n) is 1.97. The molecule has 0 bridgehead atoms. The molecule has 0 saturated carbocycles. The average molecular weight is 256 g/mol. The van der Waals surface area contributed by atoms with Gasteiger partial charge in [0.25, 0.3) is 5.91 Å². The maximum absolute atomic E-state index is 11.8. The zero-order chi connectivity index (χ0) is 12.7. The molecule has 0 aliphatic rings. The number of carbonyl (C=O) groups excluding carboxylic acids is 1. The van der Waals surface area contributed by atoms with Gasteiger partial charge in [-0.15, -0.1) is 0 Å². The monoisotopic (exact) mass is 256 g/mol. The van der Waals surface area contributed by atoms with Gasteiger partial charge in [-0.25, -0.2) is 4.98 Å². The van der Waals surface area contributed by atoms with Gasteiger partial charge in [0.1, 0.15) is 5.56 Å². The Morgan fingerprint density at radius 1 is 1.59 bits per heavy atom. The standard InChI is InChI=1S/C11H16N2O3S/c1-3-16-11-9(5-4-6-13-11)10(14)12-7-8-17(2)15/h4-6H,3,7-8H2,1-2H3,(H,12,14). The number of amides is 1. The number of aromatic nitrogens is 1. The van der Waals surface area contributed by atoms with Gasteiger partial charge in [0.05, 0.1) is 6.61 Å². The van der Waals surface area contributed by atoms with Gasteiger partial charge >= 0.3 is 0 Å². The summed E-state index contributed by atoms with van der Waals surface area (Å²) in [5, 5.41) is 2.68. The van der Waals surface area contributed by atoms with Crippen molar-refractivity contribution in [2.75, 3.05) is 25.2 Å². The molecular weight excluding hydrogens is 240 g/mol. The second-order valence-electron chi connectivity index (χ2n) is 3.32. The molecule has 5 nitrogen and oxygen atoms in total. The summed E-state index contributed by atoms with van der Waals surface area (Å²) in [5.41, 5.74) is 0.399. The number of rotatable bonds is 6. The highest BCUT2D eigenvalue weighted by molar-refractivity contribution is 7.84. The van der Waals surface area contributed by atoms with E-state index in [1.54, 1.807) is 24.6 Å². The van der Waals surface area contributed by atoms with Crippen LogP contribution in [0.25, 0.3) is 0 Å². The number of ether oxygens (including phenoxy) is 1. The predicted octanol–water partition coefficient (Wildman–Crippen LogP) is 0.589. The molecule has 1 atom stereocenters. The average Bonchev–Trinajstić information content (AvgIpc) is 2.29. The minimum absolute atomic E-state index is 0.257. The molecule has 0 spiro atoms. The van der Waals surface area contributed by atoms with Gasteiger partial charge in [-0.2, -0.15) is 0 Å². The van der Waals surface area contributed by atoms with Gasteiger partial charge in [-0.3, -0.25) is 9.00 Å². The number of nitrogens with zero attached hydrogens (tertiary/aromatic N) is 1. The van der Waals surface area contributed by atoms with Crippen LogP contribution in [0.3, 0.4) is 0 Å². The van der Waals surface area contributed by atoms with Crippen molar-refractivity contribution in [2.24, 2.45) is 0 Å². The van der Waals surface area contributed by atoms with Crippen LogP contribution in [0.1, 0.15) is 17.3 Å². The first-order valence-electron chi connectivity index (χ1n) is 5.31. The predicted molar refractivity (Wildman–Crippen MR) is 66.7 cm³/mol. The second-order valence-corrected chi connectivity index (χ2v) is 4.88. The molecule has 1 unspecified atom stereocenters. The molecule has 0 aromatic carbocycles. The number of carbonyl (C=O) groups is 1. The van der Waals surface area contributed by atoms with Gasteiger partial charge in [-0.05, 0) is 19.1 Å². The maximum Gasteiger partial charge on any atom is 0.256 e. The first-order chi connectivity index (χ1) is 8.15. The summed E-state index contributed by atoms with van der Waals surface area (Å²) in [4.78, 5) is 15.8. The largest absolute Gasteiger partial charge is 0.477 e. The highest BCUT2D eigenvalue weighted by Crippen LogP contribution is 2.13. The Balaban J connectivity index is 2.64. The van der Waals surface area contributed by atoms with E-state index < -0.39 is 10.8 Å². The van der Waals surface area contributed by atoms with Crippen LogP contribution in [0.5, 0.6) is 5.88 Å². The molecule has 1 heterocycles. The van der Waals surface area contributed by atoms with Gasteiger partial charge in [0.2, 0.25) is 5.88 Å². The molecule has 1 aromatic rings. The van der Waals surface area contributed by atoms with E-state index in [9.17, 15) is 9.00 Å². The lowest BCUT2D eigenvalue weighted by Gasteiger charge is -2.08. The van der Waals surface area contributed by atoms with Crippen LogP contribution in [-0.2, 0) is 10.8 Å².